The number of benzene rings is 2. The van der Waals surface area contributed by atoms with Crippen molar-refractivity contribution in [2.75, 3.05) is 19.0 Å². The van der Waals surface area contributed by atoms with Crippen LogP contribution in [0.4, 0.5) is 14.6 Å². The average molecular weight is 751 g/mol. The Morgan fingerprint density at radius 1 is 1.09 bits per heavy atom. The second kappa shape index (κ2) is 12.0. The van der Waals surface area contributed by atoms with Crippen LogP contribution in [0.2, 0.25) is 5.02 Å². The van der Waals surface area contributed by atoms with E-state index in [1.54, 1.807) is 31.3 Å². The fourth-order valence-electron chi connectivity index (χ4n) is 9.00. The molecule has 4 aliphatic rings. The summed E-state index contributed by atoms with van der Waals surface area (Å²) in [6.07, 6.45) is 5.38. The molecule has 268 valence electrons. The highest BCUT2D eigenvalue weighted by molar-refractivity contribution is 7.23. The zero-order chi connectivity index (χ0) is 36.2. The standard InChI is InChI=1S/C40H33ClF2N6O3S/c1-19-47-48-38(52-19)31-27(16-21-9-8-20-15-23(41)10-11-24(20)21)45-34-28-6-4-14-49(28)39(50)33(34)32(31)30-17-22-12-13-44-37(35(22)53-30)46-36-25-5-3-7-29(51-2)26(25)18-40(36,42)43/h3,5,7,10-13,15,17,21,28,36H,4,6,8-9,14,16,18H2,1-2H3,(H,44,46). The highest BCUT2D eigenvalue weighted by atomic mass is 35.5. The minimum Gasteiger partial charge on any atom is -0.496 e. The molecule has 4 aromatic heterocycles. The van der Waals surface area contributed by atoms with Crippen molar-refractivity contribution >= 4 is 44.7 Å². The Labute approximate surface area is 312 Å². The molecule has 10 rings (SSSR count). The van der Waals surface area contributed by atoms with Crippen LogP contribution >= 0.6 is 22.9 Å². The van der Waals surface area contributed by atoms with Gasteiger partial charge in [0.05, 0.1) is 40.4 Å². The smallest absolute Gasteiger partial charge is 0.276 e. The van der Waals surface area contributed by atoms with Crippen LogP contribution in [-0.2, 0) is 19.3 Å². The van der Waals surface area contributed by atoms with Crippen LogP contribution in [-0.4, -0.2) is 50.5 Å². The summed E-state index contributed by atoms with van der Waals surface area (Å²) < 4.78 is 43.7. The van der Waals surface area contributed by atoms with Crippen LogP contribution < -0.4 is 10.1 Å². The number of alkyl halides is 2. The molecule has 0 saturated carbocycles. The summed E-state index contributed by atoms with van der Waals surface area (Å²) >= 11 is 7.78. The summed E-state index contributed by atoms with van der Waals surface area (Å²) in [4.78, 5) is 27.0. The molecule has 9 nitrogen and oxygen atoms in total. The maximum atomic E-state index is 15.7. The molecule has 0 spiro atoms. The number of methoxy groups -OCH3 is 1. The molecular formula is C40H33ClF2N6O3S. The fourth-order valence-corrected chi connectivity index (χ4v) is 10.4. The third-order valence-corrected chi connectivity index (χ3v) is 12.7. The van der Waals surface area contributed by atoms with Crippen LogP contribution in [0.1, 0.15) is 87.2 Å². The number of hydrogen-bond acceptors (Lipinski definition) is 9. The molecule has 13 heteroatoms. The van der Waals surface area contributed by atoms with Crippen molar-refractivity contribution in [2.45, 2.75) is 69.4 Å². The molecule has 6 aromatic rings. The first-order chi connectivity index (χ1) is 25.7. The topological polar surface area (TPSA) is 106 Å². The lowest BCUT2D eigenvalue weighted by Gasteiger charge is -2.22. The molecule has 3 unspecified atom stereocenters. The van der Waals surface area contributed by atoms with Crippen molar-refractivity contribution in [3.63, 3.8) is 0 Å². The maximum Gasteiger partial charge on any atom is 0.276 e. The number of carbonyl (C=O) groups is 1. The van der Waals surface area contributed by atoms with Crippen molar-refractivity contribution in [3.8, 4) is 27.6 Å². The van der Waals surface area contributed by atoms with Gasteiger partial charge in [-0.2, -0.15) is 0 Å². The Kier molecular flexibility index (Phi) is 7.43. The molecular weight excluding hydrogens is 718 g/mol. The van der Waals surface area contributed by atoms with E-state index in [1.165, 1.54) is 29.6 Å². The first kappa shape index (κ1) is 32.7. The molecule has 0 bridgehead atoms. The van der Waals surface area contributed by atoms with Gasteiger partial charge in [0, 0.05) is 47.1 Å². The number of anilines is 1. The first-order valence-corrected chi connectivity index (χ1v) is 19.0. The van der Waals surface area contributed by atoms with Crippen molar-refractivity contribution in [3.05, 3.63) is 105 Å². The molecule has 1 N–H and O–H groups in total. The zero-order valence-electron chi connectivity index (χ0n) is 28.9. The summed E-state index contributed by atoms with van der Waals surface area (Å²) in [6, 6.07) is 13.7. The molecule has 2 aliphatic heterocycles. The van der Waals surface area contributed by atoms with Crippen molar-refractivity contribution in [1.82, 2.24) is 25.1 Å². The van der Waals surface area contributed by atoms with Gasteiger partial charge in [0.15, 0.2) is 0 Å². The minimum absolute atomic E-state index is 0.0695. The number of thiophene rings is 1. The van der Waals surface area contributed by atoms with E-state index in [2.05, 4.69) is 26.6 Å². The van der Waals surface area contributed by atoms with E-state index in [0.717, 1.165) is 52.4 Å². The van der Waals surface area contributed by atoms with Gasteiger partial charge in [-0.1, -0.05) is 29.8 Å². The highest BCUT2D eigenvalue weighted by Crippen LogP contribution is 2.53. The number of rotatable bonds is 7. The van der Waals surface area contributed by atoms with Crippen LogP contribution in [0.15, 0.2) is 59.1 Å². The van der Waals surface area contributed by atoms with Crippen molar-refractivity contribution in [1.29, 1.82) is 0 Å². The number of hydrogen-bond donors (Lipinski definition) is 1. The quantitative estimate of drug-likeness (QED) is 0.172. The van der Waals surface area contributed by atoms with E-state index in [9.17, 15) is 4.79 Å². The number of halogens is 3. The lowest BCUT2D eigenvalue weighted by molar-refractivity contribution is -0.00734. The lowest BCUT2D eigenvalue weighted by atomic mass is 9.89. The van der Waals surface area contributed by atoms with Crippen molar-refractivity contribution < 1.29 is 22.7 Å². The number of pyridine rings is 2. The lowest BCUT2D eigenvalue weighted by Crippen LogP contribution is -2.28. The largest absolute Gasteiger partial charge is 0.496 e. The number of carbonyl (C=O) groups excluding carboxylic acids is 1. The molecule has 1 fully saturated rings. The van der Waals surface area contributed by atoms with Gasteiger partial charge in [0.2, 0.25) is 11.8 Å². The van der Waals surface area contributed by atoms with Crippen LogP contribution in [0.3, 0.4) is 0 Å². The number of aromatic nitrogens is 4. The van der Waals surface area contributed by atoms with E-state index in [4.69, 9.17) is 25.7 Å². The van der Waals surface area contributed by atoms with E-state index in [-0.39, 0.29) is 17.9 Å². The third kappa shape index (κ3) is 5.09. The zero-order valence-corrected chi connectivity index (χ0v) is 30.5. The highest BCUT2D eigenvalue weighted by Gasteiger charge is 2.49. The van der Waals surface area contributed by atoms with Crippen LogP contribution in [0.25, 0.3) is 32.0 Å². The monoisotopic (exact) mass is 750 g/mol. The summed E-state index contributed by atoms with van der Waals surface area (Å²) in [5.74, 6) is -1.50. The average Bonchev–Trinajstić information content (AvgIpc) is 3.99. The predicted octanol–water partition coefficient (Wildman–Crippen LogP) is 9.29. The number of ether oxygens (including phenoxy) is 1. The summed E-state index contributed by atoms with van der Waals surface area (Å²) in [7, 11) is 1.49. The van der Waals surface area contributed by atoms with Gasteiger partial charge in [0.1, 0.15) is 17.6 Å². The third-order valence-electron chi connectivity index (χ3n) is 11.3. The number of amides is 1. The van der Waals surface area contributed by atoms with Gasteiger partial charge in [-0.05, 0) is 90.4 Å². The summed E-state index contributed by atoms with van der Waals surface area (Å²) in [5.41, 5.74) is 6.90. The van der Waals surface area contributed by atoms with E-state index >= 15 is 8.78 Å². The van der Waals surface area contributed by atoms with E-state index in [1.807, 2.05) is 29.2 Å². The predicted molar refractivity (Wildman–Crippen MR) is 198 cm³/mol. The second-order valence-electron chi connectivity index (χ2n) is 14.4. The van der Waals surface area contributed by atoms with Crippen LogP contribution in [0, 0.1) is 6.92 Å². The van der Waals surface area contributed by atoms with Crippen molar-refractivity contribution in [2.24, 2.45) is 0 Å². The Morgan fingerprint density at radius 3 is 2.81 bits per heavy atom. The van der Waals surface area contributed by atoms with Gasteiger partial charge >= 0.3 is 0 Å². The molecule has 1 amide bonds. The van der Waals surface area contributed by atoms with Gasteiger partial charge < -0.3 is 19.4 Å². The van der Waals surface area contributed by atoms with Gasteiger partial charge in [0.25, 0.3) is 11.8 Å². The molecule has 0 radical (unpaired) electrons. The number of fused-ring (bicyclic) bond motifs is 6. The second-order valence-corrected chi connectivity index (χ2v) is 15.9. The molecule has 6 heterocycles. The normalized spacial score (nSPS) is 20.9. The molecule has 1 saturated heterocycles. The molecule has 2 aromatic carbocycles. The minimum atomic E-state index is -3.08. The van der Waals surface area contributed by atoms with Gasteiger partial charge in [-0.3, -0.25) is 9.78 Å². The van der Waals surface area contributed by atoms with Gasteiger partial charge in [-0.15, -0.1) is 21.5 Å². The van der Waals surface area contributed by atoms with E-state index < -0.39 is 18.4 Å². The Hall–Kier alpha value is -4.94. The maximum absolute atomic E-state index is 15.7. The number of nitrogens with zero attached hydrogens (tertiary/aromatic N) is 5. The van der Waals surface area contributed by atoms with E-state index in [0.29, 0.717) is 68.8 Å². The summed E-state index contributed by atoms with van der Waals surface area (Å²) in [6.45, 7) is 2.40. The molecule has 53 heavy (non-hydrogen) atoms. The molecule has 2 aliphatic carbocycles. The Balaban J connectivity index is 1.15. The Morgan fingerprint density at radius 2 is 1.98 bits per heavy atom. The number of aryl methyl sites for hydroxylation is 2. The SMILES string of the molecule is COc1cccc2c1CC(F)(F)C2Nc1nccc2cc(-c3c4c(nc(CC5CCc6cc(Cl)ccc65)c3-c3nnc(C)o3)C3CCCN3C4=O)sc12. The summed E-state index contributed by atoms with van der Waals surface area (Å²) in [5, 5.41) is 13.3. The fraction of sp³-hybridized carbons (Fsp3) is 0.325. The molecule has 3 atom stereocenters. The van der Waals surface area contributed by atoms with Gasteiger partial charge in [-0.25, -0.2) is 13.8 Å². The first-order valence-electron chi connectivity index (χ1n) is 17.8. The number of nitrogens with one attached hydrogen (secondary N) is 1. The van der Waals surface area contributed by atoms with Crippen LogP contribution in [0.5, 0.6) is 5.75 Å². The Bertz CT molecular complexity index is 2500.